The average molecular weight is 278 g/mol. The van der Waals surface area contributed by atoms with E-state index in [-0.39, 0.29) is 6.04 Å². The van der Waals surface area contributed by atoms with Crippen LogP contribution in [-0.4, -0.2) is 69.8 Å². The predicted molar refractivity (Wildman–Crippen MR) is 73.6 cm³/mol. The monoisotopic (exact) mass is 278 g/mol. The minimum absolute atomic E-state index is 0.282. The van der Waals surface area contributed by atoms with Gasteiger partial charge >= 0.3 is 0 Å². The summed E-state index contributed by atoms with van der Waals surface area (Å²) in [5.74, 6) is 0. The lowest BCUT2D eigenvalue weighted by molar-refractivity contribution is 0.0343. The summed E-state index contributed by atoms with van der Waals surface area (Å²) >= 11 is 0. The van der Waals surface area contributed by atoms with Gasteiger partial charge in [-0.3, -0.25) is 4.90 Å². The Bertz CT molecular complexity index is 348. The number of rotatable bonds is 6. The Morgan fingerprint density at radius 2 is 1.89 bits per heavy atom. The van der Waals surface area contributed by atoms with Crippen molar-refractivity contribution in [3.05, 3.63) is 0 Å². The van der Waals surface area contributed by atoms with Crippen LogP contribution >= 0.6 is 0 Å². The first-order chi connectivity index (χ1) is 8.22. The summed E-state index contributed by atoms with van der Waals surface area (Å²) in [4.78, 5) is 2.34. The van der Waals surface area contributed by atoms with Gasteiger partial charge in [-0.05, 0) is 20.8 Å². The fraction of sp³-hybridized carbons (Fsp3) is 1.00. The van der Waals surface area contributed by atoms with Gasteiger partial charge in [0.15, 0.2) is 9.84 Å². The van der Waals surface area contributed by atoms with E-state index in [0.29, 0.717) is 6.54 Å². The molecule has 0 amide bonds. The van der Waals surface area contributed by atoms with Crippen LogP contribution in [0.3, 0.4) is 0 Å². The predicted octanol–water partition coefficient (Wildman–Crippen LogP) is 0.120. The molecule has 0 aliphatic carbocycles. The van der Waals surface area contributed by atoms with Crippen molar-refractivity contribution in [2.75, 3.05) is 45.6 Å². The van der Waals surface area contributed by atoms with E-state index < -0.39 is 14.6 Å². The minimum Gasteiger partial charge on any atom is -0.379 e. The molecule has 0 spiro atoms. The highest BCUT2D eigenvalue weighted by Crippen LogP contribution is 2.13. The molecular formula is C12H26N2O3S. The van der Waals surface area contributed by atoms with E-state index in [1.54, 1.807) is 13.8 Å². The maximum atomic E-state index is 11.6. The molecule has 1 unspecified atom stereocenters. The SMILES string of the molecule is CC(CN1CCOCC1)NCC(C)(C)S(C)(=O)=O. The Balaban J connectivity index is 2.34. The molecule has 1 rings (SSSR count). The van der Waals surface area contributed by atoms with Crippen molar-refractivity contribution < 1.29 is 13.2 Å². The molecule has 0 radical (unpaired) electrons. The second kappa shape index (κ2) is 6.32. The average Bonchev–Trinajstić information content (AvgIpc) is 2.26. The molecule has 1 atom stereocenters. The summed E-state index contributed by atoms with van der Waals surface area (Å²) in [5, 5.41) is 3.32. The largest absolute Gasteiger partial charge is 0.379 e. The molecular weight excluding hydrogens is 252 g/mol. The first kappa shape index (κ1) is 15.9. The van der Waals surface area contributed by atoms with E-state index in [1.807, 2.05) is 0 Å². The maximum absolute atomic E-state index is 11.6. The Morgan fingerprint density at radius 3 is 2.39 bits per heavy atom. The van der Waals surface area contributed by atoms with E-state index in [2.05, 4.69) is 17.1 Å². The molecule has 0 aromatic rings. The summed E-state index contributed by atoms with van der Waals surface area (Å²) in [5.41, 5.74) is 0. The van der Waals surface area contributed by atoms with Gasteiger partial charge in [0.05, 0.1) is 18.0 Å². The third kappa shape index (κ3) is 4.84. The van der Waals surface area contributed by atoms with E-state index in [4.69, 9.17) is 4.74 Å². The molecule has 0 saturated carbocycles. The maximum Gasteiger partial charge on any atom is 0.153 e. The Kier molecular flexibility index (Phi) is 5.58. The Labute approximate surface area is 111 Å². The molecule has 1 N–H and O–H groups in total. The van der Waals surface area contributed by atoms with Crippen LogP contribution in [0, 0.1) is 0 Å². The molecule has 18 heavy (non-hydrogen) atoms. The number of nitrogens with zero attached hydrogens (tertiary/aromatic N) is 1. The van der Waals surface area contributed by atoms with Gasteiger partial charge in [-0.2, -0.15) is 0 Å². The first-order valence-corrected chi connectivity index (χ1v) is 8.34. The molecule has 108 valence electrons. The fourth-order valence-corrected chi connectivity index (χ4v) is 2.13. The highest BCUT2D eigenvalue weighted by Gasteiger charge is 2.30. The lowest BCUT2D eigenvalue weighted by Crippen LogP contribution is -2.49. The number of sulfone groups is 1. The second-order valence-electron chi connectivity index (χ2n) is 5.73. The summed E-state index contributed by atoms with van der Waals surface area (Å²) < 4.78 is 27.8. The number of nitrogens with one attached hydrogen (secondary N) is 1. The Morgan fingerprint density at radius 1 is 1.33 bits per heavy atom. The number of hydrogen-bond acceptors (Lipinski definition) is 5. The minimum atomic E-state index is -3.03. The summed E-state index contributed by atoms with van der Waals surface area (Å²) in [6.45, 7) is 10.5. The molecule has 0 aromatic carbocycles. The quantitative estimate of drug-likeness (QED) is 0.748. The zero-order valence-electron chi connectivity index (χ0n) is 11.9. The highest BCUT2D eigenvalue weighted by atomic mass is 32.2. The number of hydrogen-bond donors (Lipinski definition) is 1. The van der Waals surface area contributed by atoms with Crippen LogP contribution in [0.15, 0.2) is 0 Å². The van der Waals surface area contributed by atoms with Crippen LogP contribution in [0.4, 0.5) is 0 Å². The highest BCUT2D eigenvalue weighted by molar-refractivity contribution is 7.92. The van der Waals surface area contributed by atoms with Gasteiger partial charge in [-0.25, -0.2) is 8.42 Å². The van der Waals surface area contributed by atoms with Crippen molar-refractivity contribution in [2.24, 2.45) is 0 Å². The van der Waals surface area contributed by atoms with Gasteiger partial charge in [-0.1, -0.05) is 0 Å². The normalized spacial score (nSPS) is 20.9. The zero-order chi connectivity index (χ0) is 13.8. The topological polar surface area (TPSA) is 58.6 Å². The molecule has 1 saturated heterocycles. The van der Waals surface area contributed by atoms with Crippen molar-refractivity contribution in [1.82, 2.24) is 10.2 Å². The van der Waals surface area contributed by atoms with Crippen LogP contribution in [-0.2, 0) is 14.6 Å². The van der Waals surface area contributed by atoms with E-state index in [1.165, 1.54) is 6.26 Å². The smallest absolute Gasteiger partial charge is 0.153 e. The summed E-state index contributed by atoms with van der Waals surface area (Å²) in [7, 11) is -3.03. The molecule has 1 aliphatic heterocycles. The van der Waals surface area contributed by atoms with Crippen LogP contribution in [0.2, 0.25) is 0 Å². The van der Waals surface area contributed by atoms with E-state index in [9.17, 15) is 8.42 Å². The lowest BCUT2D eigenvalue weighted by Gasteiger charge is -2.31. The van der Waals surface area contributed by atoms with Crippen molar-refractivity contribution in [1.29, 1.82) is 0 Å². The van der Waals surface area contributed by atoms with Crippen LogP contribution in [0.5, 0.6) is 0 Å². The zero-order valence-corrected chi connectivity index (χ0v) is 12.7. The van der Waals surface area contributed by atoms with Crippen LogP contribution in [0.1, 0.15) is 20.8 Å². The van der Waals surface area contributed by atoms with Gasteiger partial charge in [0.1, 0.15) is 0 Å². The van der Waals surface area contributed by atoms with Gasteiger partial charge in [0, 0.05) is 38.5 Å². The Hall–Kier alpha value is -0.170. The van der Waals surface area contributed by atoms with Gasteiger partial charge in [0.2, 0.25) is 0 Å². The van der Waals surface area contributed by atoms with Crippen molar-refractivity contribution >= 4 is 9.84 Å². The number of morpholine rings is 1. The lowest BCUT2D eigenvalue weighted by atomic mass is 10.2. The molecule has 0 aromatic heterocycles. The van der Waals surface area contributed by atoms with Crippen molar-refractivity contribution in [2.45, 2.75) is 31.6 Å². The second-order valence-corrected chi connectivity index (χ2v) is 8.38. The molecule has 1 fully saturated rings. The van der Waals surface area contributed by atoms with Gasteiger partial charge in [0.25, 0.3) is 0 Å². The van der Waals surface area contributed by atoms with Crippen molar-refractivity contribution in [3.63, 3.8) is 0 Å². The van der Waals surface area contributed by atoms with Crippen molar-refractivity contribution in [3.8, 4) is 0 Å². The van der Waals surface area contributed by atoms with Gasteiger partial charge < -0.3 is 10.1 Å². The third-order valence-electron chi connectivity index (χ3n) is 3.52. The molecule has 1 aliphatic rings. The molecule has 6 heteroatoms. The fourth-order valence-electron chi connectivity index (χ4n) is 1.79. The van der Waals surface area contributed by atoms with Crippen LogP contribution < -0.4 is 5.32 Å². The standard InChI is InChI=1S/C12H26N2O3S/c1-11(9-14-5-7-17-8-6-14)13-10-12(2,3)18(4,15)16/h11,13H,5-10H2,1-4H3. The van der Waals surface area contributed by atoms with E-state index in [0.717, 1.165) is 32.8 Å². The first-order valence-electron chi connectivity index (χ1n) is 6.45. The summed E-state index contributed by atoms with van der Waals surface area (Å²) in [6, 6.07) is 0.282. The summed E-state index contributed by atoms with van der Waals surface area (Å²) in [6.07, 6.45) is 1.29. The molecule has 5 nitrogen and oxygen atoms in total. The van der Waals surface area contributed by atoms with Crippen LogP contribution in [0.25, 0.3) is 0 Å². The molecule has 1 heterocycles. The molecule has 0 bridgehead atoms. The third-order valence-corrected chi connectivity index (χ3v) is 5.67. The van der Waals surface area contributed by atoms with Gasteiger partial charge in [-0.15, -0.1) is 0 Å². The number of ether oxygens (including phenoxy) is 1. The van der Waals surface area contributed by atoms with E-state index >= 15 is 0 Å².